The van der Waals surface area contributed by atoms with Crippen LogP contribution < -0.4 is 4.72 Å². The first kappa shape index (κ1) is 17.8. The minimum absolute atomic E-state index is 0.0330. The number of rotatable bonds is 6. The van der Waals surface area contributed by atoms with E-state index >= 15 is 0 Å². The molecule has 8 heteroatoms. The fraction of sp³-hybridized carbons (Fsp3) is 0.600. The first-order valence-corrected chi connectivity index (χ1v) is 9.20. The Kier molecular flexibility index (Phi) is 5.72. The highest BCUT2D eigenvalue weighted by Gasteiger charge is 2.29. The van der Waals surface area contributed by atoms with Gasteiger partial charge >= 0.3 is 0 Å². The highest BCUT2D eigenvalue weighted by molar-refractivity contribution is 7.87. The lowest BCUT2D eigenvalue weighted by molar-refractivity contribution is -0.384. The van der Waals surface area contributed by atoms with Gasteiger partial charge < -0.3 is 0 Å². The Morgan fingerprint density at radius 3 is 2.30 bits per heavy atom. The van der Waals surface area contributed by atoms with Gasteiger partial charge in [-0.1, -0.05) is 26.0 Å². The maximum Gasteiger partial charge on any atom is 0.279 e. The molecule has 1 fully saturated rings. The monoisotopic (exact) mass is 341 g/mol. The van der Waals surface area contributed by atoms with Gasteiger partial charge in [-0.3, -0.25) is 10.1 Å². The number of hydrogen-bond acceptors (Lipinski definition) is 4. The smallest absolute Gasteiger partial charge is 0.258 e. The van der Waals surface area contributed by atoms with Gasteiger partial charge in [-0.05, 0) is 30.2 Å². The molecule has 128 valence electrons. The third-order valence-electron chi connectivity index (χ3n) is 4.02. The van der Waals surface area contributed by atoms with Gasteiger partial charge in [-0.25, -0.2) is 4.72 Å². The number of hydrogen-bond donors (Lipinski definition) is 1. The molecule has 2 rings (SSSR count). The highest BCUT2D eigenvalue weighted by atomic mass is 32.2. The lowest BCUT2D eigenvalue weighted by Gasteiger charge is -2.33. The standard InChI is InChI=1S/C15H23N3O4S/c1-12-9-13(2)11-17(10-12)23(21,22)16-8-7-14-3-5-15(6-4-14)18(19)20/h3-6,12-13,16H,7-11H2,1-2H3/t12-,13-/m0/s1. The highest BCUT2D eigenvalue weighted by Crippen LogP contribution is 2.22. The Morgan fingerprint density at radius 2 is 1.78 bits per heavy atom. The number of nitro groups is 1. The molecule has 1 aromatic carbocycles. The van der Waals surface area contributed by atoms with E-state index in [1.165, 1.54) is 16.4 Å². The van der Waals surface area contributed by atoms with Crippen LogP contribution in [-0.2, 0) is 16.6 Å². The first-order chi connectivity index (χ1) is 10.8. The lowest BCUT2D eigenvalue weighted by atomic mass is 9.94. The van der Waals surface area contributed by atoms with E-state index in [4.69, 9.17) is 0 Å². The first-order valence-electron chi connectivity index (χ1n) is 7.76. The molecule has 2 atom stereocenters. The van der Waals surface area contributed by atoms with Crippen molar-refractivity contribution in [3.63, 3.8) is 0 Å². The number of nitro benzene ring substituents is 1. The number of nitrogens with one attached hydrogen (secondary N) is 1. The zero-order chi connectivity index (χ0) is 17.0. The molecule has 7 nitrogen and oxygen atoms in total. The predicted octanol–water partition coefficient (Wildman–Crippen LogP) is 1.95. The molecule has 1 aliphatic rings. The SMILES string of the molecule is C[C@H]1C[C@H](C)CN(S(=O)(=O)NCCc2ccc([N+](=O)[O-])cc2)C1. The topological polar surface area (TPSA) is 92.6 Å². The zero-order valence-electron chi connectivity index (χ0n) is 13.4. The molecule has 0 spiro atoms. The normalized spacial score (nSPS) is 22.9. The third-order valence-corrected chi connectivity index (χ3v) is 5.57. The Bertz CT molecular complexity index is 635. The van der Waals surface area contributed by atoms with Crippen molar-refractivity contribution >= 4 is 15.9 Å². The van der Waals surface area contributed by atoms with Crippen LogP contribution in [0.1, 0.15) is 25.8 Å². The summed E-state index contributed by atoms with van der Waals surface area (Å²) in [7, 11) is -3.47. The van der Waals surface area contributed by atoms with Crippen molar-refractivity contribution in [2.45, 2.75) is 26.7 Å². The number of non-ortho nitro benzene ring substituents is 1. The van der Waals surface area contributed by atoms with Crippen LogP contribution in [0.5, 0.6) is 0 Å². The molecule has 0 saturated carbocycles. The summed E-state index contributed by atoms with van der Waals surface area (Å²) in [5.74, 6) is 0.731. The van der Waals surface area contributed by atoms with Gasteiger partial charge in [0.05, 0.1) is 4.92 Å². The van der Waals surface area contributed by atoms with Gasteiger partial charge in [0.2, 0.25) is 0 Å². The number of nitrogens with zero attached hydrogens (tertiary/aromatic N) is 2. The zero-order valence-corrected chi connectivity index (χ0v) is 14.3. The van der Waals surface area contributed by atoms with E-state index in [0.29, 0.717) is 31.3 Å². The Hall–Kier alpha value is -1.51. The van der Waals surface area contributed by atoms with Crippen LogP contribution in [0.15, 0.2) is 24.3 Å². The molecular formula is C15H23N3O4S. The van der Waals surface area contributed by atoms with E-state index in [1.54, 1.807) is 12.1 Å². The average molecular weight is 341 g/mol. The fourth-order valence-electron chi connectivity index (χ4n) is 3.00. The van der Waals surface area contributed by atoms with E-state index in [2.05, 4.69) is 18.6 Å². The molecule has 1 aliphatic heterocycles. The fourth-order valence-corrected chi connectivity index (χ4v) is 4.45. The van der Waals surface area contributed by atoms with Crippen molar-refractivity contribution in [1.82, 2.24) is 9.03 Å². The quantitative estimate of drug-likeness (QED) is 0.632. The van der Waals surface area contributed by atoms with Crippen LogP contribution >= 0.6 is 0 Å². The number of piperidine rings is 1. The summed E-state index contributed by atoms with van der Waals surface area (Å²) in [6.45, 7) is 5.51. The molecule has 1 heterocycles. The van der Waals surface area contributed by atoms with Crippen LogP contribution in [0, 0.1) is 22.0 Å². The van der Waals surface area contributed by atoms with Crippen molar-refractivity contribution < 1.29 is 13.3 Å². The van der Waals surface area contributed by atoms with Crippen LogP contribution in [0.3, 0.4) is 0 Å². The van der Waals surface area contributed by atoms with Gasteiger partial charge in [0.15, 0.2) is 0 Å². The summed E-state index contributed by atoms with van der Waals surface area (Å²) in [6, 6.07) is 6.16. The number of benzene rings is 1. The molecule has 0 unspecified atom stereocenters. The van der Waals surface area contributed by atoms with Crippen LogP contribution in [0.4, 0.5) is 5.69 Å². The molecule has 0 aromatic heterocycles. The van der Waals surface area contributed by atoms with Gasteiger partial charge in [-0.2, -0.15) is 12.7 Å². The summed E-state index contributed by atoms with van der Waals surface area (Å²) in [5, 5.41) is 10.6. The van der Waals surface area contributed by atoms with Crippen molar-refractivity contribution in [2.75, 3.05) is 19.6 Å². The van der Waals surface area contributed by atoms with Crippen molar-refractivity contribution in [3.05, 3.63) is 39.9 Å². The minimum Gasteiger partial charge on any atom is -0.258 e. The van der Waals surface area contributed by atoms with Gasteiger partial charge in [0, 0.05) is 31.8 Å². The van der Waals surface area contributed by atoms with E-state index < -0.39 is 15.1 Å². The van der Waals surface area contributed by atoms with E-state index in [9.17, 15) is 18.5 Å². The molecule has 0 radical (unpaired) electrons. The van der Waals surface area contributed by atoms with Gasteiger partial charge in [-0.15, -0.1) is 0 Å². The molecule has 1 saturated heterocycles. The molecule has 0 bridgehead atoms. The van der Waals surface area contributed by atoms with Crippen molar-refractivity contribution in [3.8, 4) is 0 Å². The summed E-state index contributed by atoms with van der Waals surface area (Å²) in [5.41, 5.74) is 0.893. The molecule has 1 N–H and O–H groups in total. The molecule has 0 amide bonds. The van der Waals surface area contributed by atoms with E-state index in [0.717, 1.165) is 12.0 Å². The molecule has 0 aliphatic carbocycles. The maximum atomic E-state index is 12.3. The van der Waals surface area contributed by atoms with Crippen LogP contribution in [-0.4, -0.2) is 37.3 Å². The summed E-state index contributed by atoms with van der Waals surface area (Å²) < 4.78 is 28.8. The largest absolute Gasteiger partial charge is 0.279 e. The second kappa shape index (κ2) is 7.37. The maximum absolute atomic E-state index is 12.3. The van der Waals surface area contributed by atoms with E-state index in [1.807, 2.05) is 0 Å². The van der Waals surface area contributed by atoms with E-state index in [-0.39, 0.29) is 12.2 Å². The molecular weight excluding hydrogens is 318 g/mol. The van der Waals surface area contributed by atoms with Crippen LogP contribution in [0.2, 0.25) is 0 Å². The van der Waals surface area contributed by atoms with Crippen LogP contribution in [0.25, 0.3) is 0 Å². The average Bonchev–Trinajstić information content (AvgIpc) is 2.46. The second-order valence-electron chi connectivity index (χ2n) is 6.34. The van der Waals surface area contributed by atoms with Crippen molar-refractivity contribution in [2.24, 2.45) is 11.8 Å². The van der Waals surface area contributed by atoms with Gasteiger partial charge in [0.1, 0.15) is 0 Å². The molecule has 23 heavy (non-hydrogen) atoms. The minimum atomic E-state index is -3.47. The van der Waals surface area contributed by atoms with Gasteiger partial charge in [0.25, 0.3) is 15.9 Å². The second-order valence-corrected chi connectivity index (χ2v) is 8.09. The molecule has 1 aromatic rings. The summed E-state index contributed by atoms with van der Waals surface area (Å²) in [4.78, 5) is 10.1. The summed E-state index contributed by atoms with van der Waals surface area (Å²) in [6.07, 6.45) is 1.55. The Balaban J connectivity index is 1.88. The Morgan fingerprint density at radius 1 is 1.22 bits per heavy atom. The van der Waals surface area contributed by atoms with Crippen molar-refractivity contribution in [1.29, 1.82) is 0 Å². The summed E-state index contributed by atoms with van der Waals surface area (Å²) >= 11 is 0. The Labute approximate surface area is 137 Å². The lowest BCUT2D eigenvalue weighted by Crippen LogP contribution is -2.48. The predicted molar refractivity (Wildman–Crippen MR) is 88.2 cm³/mol. The third kappa shape index (κ3) is 4.98.